The Morgan fingerprint density at radius 1 is 0.946 bits per heavy atom. The molecule has 3 aliphatic heterocycles. The van der Waals surface area contributed by atoms with E-state index in [1.165, 1.54) is 32.4 Å². The van der Waals surface area contributed by atoms with Crippen LogP contribution in [0.2, 0.25) is 0 Å². The van der Waals surface area contributed by atoms with Gasteiger partial charge in [0, 0.05) is 34.3 Å². The van der Waals surface area contributed by atoms with Gasteiger partial charge in [0.05, 0.1) is 14.2 Å². The van der Waals surface area contributed by atoms with Gasteiger partial charge in [0.1, 0.15) is 24.6 Å². The second kappa shape index (κ2) is 18.9. The minimum Gasteiger partial charge on any atom is -0.493 e. The molecule has 2 N–H and O–H groups in total. The van der Waals surface area contributed by atoms with Gasteiger partial charge in [-0.05, 0) is 109 Å². The van der Waals surface area contributed by atoms with Crippen molar-refractivity contribution in [2.75, 3.05) is 45.7 Å². The number of fused-ring (bicyclic) bond motifs is 3. The number of nitrogens with one attached hydrogen (secondary N) is 2. The maximum absolute atomic E-state index is 14.4. The highest BCUT2D eigenvalue weighted by atomic mass is 35.5. The Hall–Kier alpha value is -4.84. The molecule has 1 amide bonds. The third-order valence-corrected chi connectivity index (χ3v) is 11.2. The van der Waals surface area contributed by atoms with Gasteiger partial charge in [-0.25, -0.2) is 9.18 Å². The first-order chi connectivity index (χ1) is 27.0. The van der Waals surface area contributed by atoms with Crippen LogP contribution in [0.5, 0.6) is 11.5 Å². The highest BCUT2D eigenvalue weighted by Crippen LogP contribution is 2.39. The molecule has 3 saturated heterocycles. The van der Waals surface area contributed by atoms with Crippen molar-refractivity contribution in [2.24, 2.45) is 11.8 Å². The number of allylic oxidation sites excluding steroid dienone is 5. The molecule has 4 atom stereocenters. The first kappa shape index (κ1) is 40.8. The van der Waals surface area contributed by atoms with Gasteiger partial charge < -0.3 is 29.6 Å². The fraction of sp³-hybridized carbons (Fsp3) is 0.372. The van der Waals surface area contributed by atoms with Crippen molar-refractivity contribution in [2.45, 2.75) is 50.9 Å². The maximum Gasteiger partial charge on any atom is 0.333 e. The quantitative estimate of drug-likeness (QED) is 0.147. The van der Waals surface area contributed by atoms with Crippen LogP contribution in [0.15, 0.2) is 101 Å². The molecule has 0 aromatic heterocycles. The highest BCUT2D eigenvalue weighted by molar-refractivity contribution is 6.36. The van der Waals surface area contributed by atoms with Crippen LogP contribution in [0.1, 0.15) is 66.2 Å². The molecule has 0 saturated carbocycles. The van der Waals surface area contributed by atoms with Crippen LogP contribution in [0.3, 0.4) is 0 Å². The number of benzene rings is 3. The van der Waals surface area contributed by atoms with Crippen molar-refractivity contribution in [3.05, 3.63) is 123 Å². The molecule has 3 fully saturated rings. The summed E-state index contributed by atoms with van der Waals surface area (Å²) in [6.45, 7) is 4.25. The monoisotopic (exact) mass is 805 g/mol. The number of carbonyl (C=O) groups excluding carboxylic acids is 3. The molecule has 3 aromatic carbocycles. The van der Waals surface area contributed by atoms with Gasteiger partial charge in [0.15, 0.2) is 17.5 Å². The number of ether oxygens (including phenoxy) is 4. The Kier molecular flexibility index (Phi) is 13.7. The van der Waals surface area contributed by atoms with Crippen molar-refractivity contribution >= 4 is 46.7 Å². The Bertz CT molecular complexity index is 2010. The zero-order chi connectivity index (χ0) is 39.8. The summed E-state index contributed by atoms with van der Waals surface area (Å²) in [7, 11) is 3.03. The normalized spacial score (nSPS) is 21.3. The first-order valence-electron chi connectivity index (χ1n) is 18.7. The van der Waals surface area contributed by atoms with Crippen LogP contribution in [-0.4, -0.2) is 69.2 Å². The Morgan fingerprint density at radius 2 is 1.71 bits per heavy atom. The van der Waals surface area contributed by atoms with E-state index in [4.69, 9.17) is 42.1 Å². The molecule has 2 bridgehead atoms. The number of carbonyl (C=O) groups is 3. The third kappa shape index (κ3) is 10.1. The molecule has 1 aliphatic carbocycles. The van der Waals surface area contributed by atoms with Crippen molar-refractivity contribution in [1.29, 1.82) is 0 Å². The first-order valence-corrected chi connectivity index (χ1v) is 19.5. The van der Waals surface area contributed by atoms with Gasteiger partial charge >= 0.3 is 11.9 Å². The smallest absolute Gasteiger partial charge is 0.333 e. The Labute approximate surface area is 336 Å². The number of esters is 2. The van der Waals surface area contributed by atoms with Crippen LogP contribution in [0, 0.1) is 17.7 Å². The van der Waals surface area contributed by atoms with Crippen LogP contribution >= 0.6 is 23.2 Å². The predicted octanol–water partition coefficient (Wildman–Crippen LogP) is 8.25. The number of hydrogen-bond acceptors (Lipinski definition) is 9. The largest absolute Gasteiger partial charge is 0.493 e. The molecule has 3 heterocycles. The number of halogens is 3. The molecule has 0 spiro atoms. The lowest BCUT2D eigenvalue weighted by molar-refractivity contribution is -0.160. The molecule has 10 nitrogen and oxygen atoms in total. The molecule has 13 heteroatoms. The van der Waals surface area contributed by atoms with Gasteiger partial charge in [-0.15, -0.1) is 0 Å². The van der Waals surface area contributed by atoms with Crippen molar-refractivity contribution in [1.82, 2.24) is 10.2 Å². The molecular weight excluding hydrogens is 760 g/mol. The lowest BCUT2D eigenvalue weighted by atomic mass is 9.86. The number of anilines is 1. The SMILES string of the molecule is CCC1C=CC(Cl)=C(CC(OC(=O)CNC(=O)c2cccc(NC(C(=O)OC3CN4CCC3CC4)c3cccc(F)c3)c2)c2ccc(OC)c(OC)c2)C(Cl)=C1. The van der Waals surface area contributed by atoms with E-state index >= 15 is 0 Å². The molecule has 56 heavy (non-hydrogen) atoms. The van der Waals surface area contributed by atoms with Crippen LogP contribution in [-0.2, 0) is 19.1 Å². The van der Waals surface area contributed by atoms with Crippen LogP contribution in [0.4, 0.5) is 10.1 Å². The maximum atomic E-state index is 14.4. The predicted molar refractivity (Wildman–Crippen MR) is 213 cm³/mol. The number of piperidine rings is 3. The van der Waals surface area contributed by atoms with Gasteiger partial charge in [0.2, 0.25) is 0 Å². The summed E-state index contributed by atoms with van der Waals surface area (Å²) < 4.78 is 37.3. The highest BCUT2D eigenvalue weighted by Gasteiger charge is 2.38. The molecule has 3 aromatic rings. The summed E-state index contributed by atoms with van der Waals surface area (Å²) in [5.41, 5.74) is 2.23. The number of methoxy groups -OCH3 is 2. The molecule has 4 aliphatic rings. The molecule has 296 valence electrons. The lowest BCUT2D eigenvalue weighted by Crippen LogP contribution is -2.52. The van der Waals surface area contributed by atoms with Crippen molar-refractivity contribution in [3.63, 3.8) is 0 Å². The zero-order valence-corrected chi connectivity index (χ0v) is 33.1. The molecule has 4 unspecified atom stereocenters. The molecular formula is C43H46Cl2FN3O7. The Morgan fingerprint density at radius 3 is 2.41 bits per heavy atom. The summed E-state index contributed by atoms with van der Waals surface area (Å²) in [6.07, 6.45) is 7.50. The van der Waals surface area contributed by atoms with Crippen molar-refractivity contribution in [3.8, 4) is 11.5 Å². The summed E-state index contributed by atoms with van der Waals surface area (Å²) in [6, 6.07) is 16.4. The van der Waals surface area contributed by atoms with E-state index in [-0.39, 0.29) is 29.9 Å². The topological polar surface area (TPSA) is 115 Å². The van der Waals surface area contributed by atoms with Crippen molar-refractivity contribution < 1.29 is 37.7 Å². The van der Waals surface area contributed by atoms with Gasteiger partial charge in [-0.1, -0.05) is 66.5 Å². The average molecular weight is 807 g/mol. The number of amides is 1. The Balaban J connectivity index is 1.15. The lowest BCUT2D eigenvalue weighted by Gasteiger charge is -2.44. The van der Waals surface area contributed by atoms with E-state index in [0.29, 0.717) is 50.5 Å². The van der Waals surface area contributed by atoms with E-state index in [2.05, 4.69) is 15.5 Å². The fourth-order valence-electron chi connectivity index (χ4n) is 7.28. The zero-order valence-electron chi connectivity index (χ0n) is 31.6. The summed E-state index contributed by atoms with van der Waals surface area (Å²) >= 11 is 13.4. The van der Waals surface area contributed by atoms with Gasteiger partial charge in [0.25, 0.3) is 5.91 Å². The third-order valence-electron chi connectivity index (χ3n) is 10.5. The standard InChI is InChI=1S/C43H46Cl2FN3O7/c1-4-26-11-13-34(44)33(35(45)19-26)23-37(28-12-14-36(53-2)38(22-28)54-3)55-40(50)24-47-42(51)30-8-6-10-32(21-30)48-41(29-7-5-9-31(46)20-29)43(52)56-39-25-49-17-15-27(39)16-18-49/h5-14,19-22,26-27,37,39,41,48H,4,15-18,23-25H2,1-3H3,(H,47,51). The molecule has 0 radical (unpaired) electrons. The van der Waals surface area contributed by atoms with E-state index in [1.54, 1.807) is 54.6 Å². The van der Waals surface area contributed by atoms with Gasteiger partial charge in [-0.2, -0.15) is 0 Å². The van der Waals surface area contributed by atoms with Gasteiger partial charge in [-0.3, -0.25) is 14.5 Å². The second-order valence-electron chi connectivity index (χ2n) is 14.1. The van der Waals surface area contributed by atoms with E-state index in [9.17, 15) is 18.8 Å². The number of hydrogen-bond donors (Lipinski definition) is 2. The van der Waals surface area contributed by atoms with Crippen LogP contribution in [0.25, 0.3) is 0 Å². The number of nitrogens with zero attached hydrogens (tertiary/aromatic N) is 1. The minimum absolute atomic E-state index is 0.0933. The van der Waals surface area contributed by atoms with E-state index < -0.39 is 42.4 Å². The fourth-order valence-corrected chi connectivity index (χ4v) is 7.92. The average Bonchev–Trinajstić information content (AvgIpc) is 3.35. The molecule has 7 rings (SSSR count). The second-order valence-corrected chi connectivity index (χ2v) is 14.9. The number of rotatable bonds is 15. The van der Waals surface area contributed by atoms with E-state index in [1.807, 2.05) is 19.1 Å². The minimum atomic E-state index is -1.04. The summed E-state index contributed by atoms with van der Waals surface area (Å²) in [5.74, 6) is -0.967. The van der Waals surface area contributed by atoms with Crippen LogP contribution < -0.4 is 20.1 Å². The summed E-state index contributed by atoms with van der Waals surface area (Å²) in [4.78, 5) is 42.8. The summed E-state index contributed by atoms with van der Waals surface area (Å²) in [5, 5.41) is 6.68. The van der Waals surface area contributed by atoms with E-state index in [0.717, 1.165) is 32.4 Å².